The normalized spacial score (nSPS) is 11.2. The van der Waals surface area contributed by atoms with Gasteiger partial charge in [-0.2, -0.15) is 0 Å². The Morgan fingerprint density at radius 3 is 2.22 bits per heavy atom. The molecule has 0 spiro atoms. The van der Waals surface area contributed by atoms with Crippen LogP contribution < -0.4 is 9.64 Å². The maximum Gasteiger partial charge on any atom is 0.129 e. The SMILES string of the molecule is OCCCCN(CCCCO)c1ccc(/C=C/c2cccs2)c(OCc2ccccc2)c1. The van der Waals surface area contributed by atoms with Gasteiger partial charge in [-0.3, -0.25) is 0 Å². The molecule has 3 rings (SSSR count). The van der Waals surface area contributed by atoms with Crippen molar-refractivity contribution in [2.45, 2.75) is 32.3 Å². The predicted octanol–water partition coefficient (Wildman–Crippen LogP) is 5.85. The molecule has 2 aromatic carbocycles. The minimum Gasteiger partial charge on any atom is -0.488 e. The van der Waals surface area contributed by atoms with E-state index < -0.39 is 0 Å². The van der Waals surface area contributed by atoms with Gasteiger partial charge in [-0.05, 0) is 67.0 Å². The highest BCUT2D eigenvalue weighted by molar-refractivity contribution is 7.10. The number of hydrogen-bond donors (Lipinski definition) is 2. The number of aliphatic hydroxyl groups excluding tert-OH is 2. The van der Waals surface area contributed by atoms with E-state index in [-0.39, 0.29) is 13.2 Å². The van der Waals surface area contributed by atoms with E-state index in [0.717, 1.165) is 61.3 Å². The molecule has 3 aromatic rings. The number of benzene rings is 2. The molecule has 2 N–H and O–H groups in total. The maximum atomic E-state index is 9.18. The van der Waals surface area contributed by atoms with Crippen molar-refractivity contribution in [3.63, 3.8) is 0 Å². The summed E-state index contributed by atoms with van der Waals surface area (Å²) in [5, 5.41) is 20.4. The minimum absolute atomic E-state index is 0.211. The molecule has 0 aliphatic carbocycles. The van der Waals surface area contributed by atoms with Crippen LogP contribution >= 0.6 is 11.3 Å². The smallest absolute Gasteiger partial charge is 0.129 e. The summed E-state index contributed by atoms with van der Waals surface area (Å²) in [6, 6.07) is 20.7. The van der Waals surface area contributed by atoms with E-state index in [1.54, 1.807) is 11.3 Å². The molecule has 1 aromatic heterocycles. The van der Waals surface area contributed by atoms with Gasteiger partial charge >= 0.3 is 0 Å². The van der Waals surface area contributed by atoms with Crippen molar-refractivity contribution >= 4 is 29.2 Å². The molecular formula is C27H33NO3S. The monoisotopic (exact) mass is 451 g/mol. The standard InChI is InChI=1S/C27H33NO3S/c29-18-6-4-16-28(17-5-7-19-30)25-14-12-24(13-15-26-11-8-20-32-26)27(21-25)31-22-23-9-2-1-3-10-23/h1-3,8-15,20-21,29-30H,4-7,16-19,22H2/b15-13+. The Bertz CT molecular complexity index is 915. The molecule has 4 nitrogen and oxygen atoms in total. The lowest BCUT2D eigenvalue weighted by Gasteiger charge is -2.26. The number of aliphatic hydroxyl groups is 2. The molecule has 0 unspecified atom stereocenters. The molecule has 0 aliphatic rings. The van der Waals surface area contributed by atoms with E-state index in [1.165, 1.54) is 4.88 Å². The average molecular weight is 452 g/mol. The van der Waals surface area contributed by atoms with E-state index in [0.29, 0.717) is 6.61 Å². The molecule has 0 fully saturated rings. The number of rotatable bonds is 14. The minimum atomic E-state index is 0.211. The first-order chi connectivity index (χ1) is 15.8. The molecule has 170 valence electrons. The molecule has 0 saturated carbocycles. The molecule has 0 aliphatic heterocycles. The number of thiophene rings is 1. The number of unbranched alkanes of at least 4 members (excludes halogenated alkanes) is 2. The van der Waals surface area contributed by atoms with E-state index >= 15 is 0 Å². The fourth-order valence-electron chi connectivity index (χ4n) is 3.47. The van der Waals surface area contributed by atoms with Crippen LogP contribution in [0.25, 0.3) is 12.2 Å². The zero-order valence-electron chi connectivity index (χ0n) is 18.5. The lowest BCUT2D eigenvalue weighted by atomic mass is 10.1. The van der Waals surface area contributed by atoms with Crippen molar-refractivity contribution in [1.29, 1.82) is 0 Å². The third kappa shape index (κ3) is 7.83. The van der Waals surface area contributed by atoms with Crippen LogP contribution in [-0.2, 0) is 6.61 Å². The molecule has 32 heavy (non-hydrogen) atoms. The van der Waals surface area contributed by atoms with Crippen LogP contribution in [0.15, 0.2) is 66.0 Å². The predicted molar refractivity (Wildman–Crippen MR) is 135 cm³/mol. The zero-order chi connectivity index (χ0) is 22.4. The van der Waals surface area contributed by atoms with Gasteiger partial charge in [-0.1, -0.05) is 36.4 Å². The second-order valence-corrected chi connectivity index (χ2v) is 8.67. The Balaban J connectivity index is 1.82. The molecule has 0 amide bonds. The van der Waals surface area contributed by atoms with Gasteiger partial charge in [0.2, 0.25) is 0 Å². The molecule has 0 bridgehead atoms. The lowest BCUT2D eigenvalue weighted by molar-refractivity contribution is 0.282. The number of anilines is 1. The van der Waals surface area contributed by atoms with Crippen molar-refractivity contribution in [2.75, 3.05) is 31.2 Å². The number of nitrogens with zero attached hydrogens (tertiary/aromatic N) is 1. The van der Waals surface area contributed by atoms with E-state index in [4.69, 9.17) is 4.74 Å². The van der Waals surface area contributed by atoms with E-state index in [9.17, 15) is 10.2 Å². The number of hydrogen-bond acceptors (Lipinski definition) is 5. The molecule has 1 heterocycles. The maximum absolute atomic E-state index is 9.18. The van der Waals surface area contributed by atoms with Crippen LogP contribution in [0, 0.1) is 0 Å². The first kappa shape index (κ1) is 24.1. The summed E-state index contributed by atoms with van der Waals surface area (Å²) >= 11 is 1.71. The highest BCUT2D eigenvalue weighted by atomic mass is 32.1. The van der Waals surface area contributed by atoms with Gasteiger partial charge in [0, 0.05) is 48.5 Å². The molecular weight excluding hydrogens is 418 g/mol. The largest absolute Gasteiger partial charge is 0.488 e. The van der Waals surface area contributed by atoms with Gasteiger partial charge < -0.3 is 19.8 Å². The van der Waals surface area contributed by atoms with Crippen molar-refractivity contribution < 1.29 is 14.9 Å². The first-order valence-electron chi connectivity index (χ1n) is 11.3. The van der Waals surface area contributed by atoms with Crippen molar-refractivity contribution in [2.24, 2.45) is 0 Å². The highest BCUT2D eigenvalue weighted by Crippen LogP contribution is 2.29. The Labute approximate surface area is 195 Å². The number of ether oxygens (including phenoxy) is 1. The first-order valence-corrected chi connectivity index (χ1v) is 12.2. The Kier molecular flexibility index (Phi) is 10.3. The summed E-state index contributed by atoms with van der Waals surface area (Å²) in [6.45, 7) is 2.67. The summed E-state index contributed by atoms with van der Waals surface area (Å²) in [7, 11) is 0. The second kappa shape index (κ2) is 13.7. The Hall–Kier alpha value is -2.60. The van der Waals surface area contributed by atoms with E-state index in [1.807, 2.05) is 18.2 Å². The summed E-state index contributed by atoms with van der Waals surface area (Å²) in [6.07, 6.45) is 7.66. The summed E-state index contributed by atoms with van der Waals surface area (Å²) < 4.78 is 6.28. The van der Waals surface area contributed by atoms with Crippen LogP contribution in [0.5, 0.6) is 5.75 Å². The van der Waals surface area contributed by atoms with E-state index in [2.05, 4.69) is 64.9 Å². The fraction of sp³-hybridized carbons (Fsp3) is 0.333. The molecule has 0 radical (unpaired) electrons. The van der Waals surface area contributed by atoms with Crippen molar-refractivity contribution in [3.05, 3.63) is 82.0 Å². The van der Waals surface area contributed by atoms with Crippen molar-refractivity contribution in [3.8, 4) is 5.75 Å². The summed E-state index contributed by atoms with van der Waals surface area (Å²) in [5.74, 6) is 0.855. The van der Waals surface area contributed by atoms with Gasteiger partial charge in [-0.15, -0.1) is 11.3 Å². The van der Waals surface area contributed by atoms with Crippen molar-refractivity contribution in [1.82, 2.24) is 0 Å². The molecule has 0 saturated heterocycles. The van der Waals surface area contributed by atoms with Gasteiger partial charge in [0.1, 0.15) is 12.4 Å². The van der Waals surface area contributed by atoms with Crippen LogP contribution in [0.4, 0.5) is 5.69 Å². The quantitative estimate of drug-likeness (QED) is 0.302. The van der Waals surface area contributed by atoms with Gasteiger partial charge in [0.05, 0.1) is 0 Å². The Morgan fingerprint density at radius 1 is 0.812 bits per heavy atom. The van der Waals surface area contributed by atoms with Gasteiger partial charge in [0.25, 0.3) is 0 Å². The summed E-state index contributed by atoms with van der Waals surface area (Å²) in [5.41, 5.74) is 3.29. The third-order valence-electron chi connectivity index (χ3n) is 5.24. The van der Waals surface area contributed by atoms with Gasteiger partial charge in [-0.25, -0.2) is 0 Å². The van der Waals surface area contributed by atoms with Gasteiger partial charge in [0.15, 0.2) is 0 Å². The second-order valence-electron chi connectivity index (χ2n) is 7.69. The zero-order valence-corrected chi connectivity index (χ0v) is 19.3. The van der Waals surface area contributed by atoms with Crippen LogP contribution in [0.1, 0.15) is 41.7 Å². The Morgan fingerprint density at radius 2 is 1.56 bits per heavy atom. The molecule has 0 atom stereocenters. The lowest BCUT2D eigenvalue weighted by Crippen LogP contribution is -2.26. The molecule has 5 heteroatoms. The highest BCUT2D eigenvalue weighted by Gasteiger charge is 2.11. The summed E-state index contributed by atoms with van der Waals surface area (Å²) in [4.78, 5) is 3.53. The topological polar surface area (TPSA) is 52.9 Å². The average Bonchev–Trinajstić information content (AvgIpc) is 3.35. The van der Waals surface area contributed by atoms with Crippen LogP contribution in [0.3, 0.4) is 0 Å². The fourth-order valence-corrected chi connectivity index (χ4v) is 4.09. The third-order valence-corrected chi connectivity index (χ3v) is 6.08. The van der Waals surface area contributed by atoms with Crippen LogP contribution in [0.2, 0.25) is 0 Å². The van der Waals surface area contributed by atoms with Crippen LogP contribution in [-0.4, -0.2) is 36.5 Å².